The lowest BCUT2D eigenvalue weighted by Crippen LogP contribution is -2.39. The van der Waals surface area contributed by atoms with Gasteiger partial charge in [-0.05, 0) is 65.9 Å². The van der Waals surface area contributed by atoms with Gasteiger partial charge in [0.15, 0.2) is 5.82 Å². The van der Waals surface area contributed by atoms with Crippen molar-refractivity contribution in [2.24, 2.45) is 5.92 Å². The molecule has 2 aliphatic rings. The number of tetrazole rings is 1. The molecule has 0 radical (unpaired) electrons. The van der Waals surface area contributed by atoms with Gasteiger partial charge in [-0.1, -0.05) is 25.1 Å². The minimum absolute atomic E-state index is 0.287. The van der Waals surface area contributed by atoms with E-state index < -0.39 is 18.0 Å². The number of anilines is 1. The number of aliphatic hydroxyl groups is 1. The van der Waals surface area contributed by atoms with Gasteiger partial charge in [-0.15, -0.1) is 5.10 Å². The van der Waals surface area contributed by atoms with Gasteiger partial charge in [0.1, 0.15) is 0 Å². The number of rotatable bonds is 10. The Hall–Kier alpha value is -2.72. The number of nitrogens with one attached hydrogen (secondary N) is 2. The Morgan fingerprint density at radius 2 is 2.03 bits per heavy atom. The molecular formula is C22H28F2N6O2. The molecule has 0 aliphatic heterocycles. The van der Waals surface area contributed by atoms with Crippen LogP contribution in [0.15, 0.2) is 36.9 Å². The summed E-state index contributed by atoms with van der Waals surface area (Å²) < 4.78 is 28.4. The molecule has 8 nitrogen and oxygen atoms in total. The van der Waals surface area contributed by atoms with E-state index in [0.717, 1.165) is 24.8 Å². The Morgan fingerprint density at radius 1 is 1.31 bits per heavy atom. The second kappa shape index (κ2) is 9.41. The van der Waals surface area contributed by atoms with Crippen LogP contribution < -0.4 is 10.6 Å². The molecule has 32 heavy (non-hydrogen) atoms. The highest BCUT2D eigenvalue weighted by Crippen LogP contribution is 2.45. The summed E-state index contributed by atoms with van der Waals surface area (Å²) in [5, 5.41) is 28.3. The van der Waals surface area contributed by atoms with Crippen LogP contribution in [0.3, 0.4) is 0 Å². The fourth-order valence-corrected chi connectivity index (χ4v) is 4.20. The number of carbonyl (C=O) groups excluding carboxylic acids is 1. The monoisotopic (exact) mass is 446 g/mol. The van der Waals surface area contributed by atoms with Crippen LogP contribution in [0.5, 0.6) is 0 Å². The van der Waals surface area contributed by atoms with E-state index in [1.54, 1.807) is 12.1 Å². The highest BCUT2D eigenvalue weighted by atomic mass is 19.3. The van der Waals surface area contributed by atoms with Gasteiger partial charge in [-0.3, -0.25) is 4.79 Å². The van der Waals surface area contributed by atoms with Crippen LogP contribution in [0.2, 0.25) is 0 Å². The molecule has 0 saturated heterocycles. The van der Waals surface area contributed by atoms with Crippen molar-refractivity contribution in [3.63, 3.8) is 0 Å². The summed E-state index contributed by atoms with van der Waals surface area (Å²) in [6.45, 7) is 3.95. The SMILES string of the molecule is C=CC(=O)Nc1ccc(C(NCC[C@@H](O)C2CCC2)c2nnnn2C2CC(F)(F)C2)cc1. The van der Waals surface area contributed by atoms with Crippen molar-refractivity contribution in [2.75, 3.05) is 11.9 Å². The number of hydrogen-bond donors (Lipinski definition) is 3. The molecule has 3 N–H and O–H groups in total. The van der Waals surface area contributed by atoms with Crippen molar-refractivity contribution in [1.82, 2.24) is 25.5 Å². The minimum atomic E-state index is -2.69. The van der Waals surface area contributed by atoms with Crippen LogP contribution in [-0.4, -0.2) is 49.8 Å². The van der Waals surface area contributed by atoms with Crippen LogP contribution in [0, 0.1) is 5.92 Å². The first kappa shape index (κ1) is 22.5. The topological polar surface area (TPSA) is 105 Å². The Kier molecular flexibility index (Phi) is 6.61. The van der Waals surface area contributed by atoms with Gasteiger partial charge in [0.2, 0.25) is 5.91 Å². The highest BCUT2D eigenvalue weighted by molar-refractivity contribution is 5.98. The summed E-state index contributed by atoms with van der Waals surface area (Å²) in [4.78, 5) is 11.5. The van der Waals surface area contributed by atoms with E-state index in [9.17, 15) is 18.7 Å². The summed E-state index contributed by atoms with van der Waals surface area (Å²) in [6, 6.07) is 6.25. The number of halogens is 2. The van der Waals surface area contributed by atoms with Crippen LogP contribution >= 0.6 is 0 Å². The maximum absolute atomic E-state index is 13.5. The molecule has 2 fully saturated rings. The van der Waals surface area contributed by atoms with Gasteiger partial charge in [0.05, 0.1) is 18.2 Å². The fourth-order valence-electron chi connectivity index (χ4n) is 4.20. The third-order valence-electron chi connectivity index (χ3n) is 6.37. The third-order valence-corrected chi connectivity index (χ3v) is 6.37. The van der Waals surface area contributed by atoms with E-state index in [4.69, 9.17) is 0 Å². The molecule has 1 unspecified atom stereocenters. The van der Waals surface area contributed by atoms with E-state index in [-0.39, 0.29) is 24.9 Å². The van der Waals surface area contributed by atoms with Crippen LogP contribution in [0.25, 0.3) is 0 Å². The van der Waals surface area contributed by atoms with Gasteiger partial charge >= 0.3 is 0 Å². The Morgan fingerprint density at radius 3 is 2.62 bits per heavy atom. The largest absolute Gasteiger partial charge is 0.393 e. The van der Waals surface area contributed by atoms with Crippen molar-refractivity contribution in [2.45, 2.75) is 62.6 Å². The summed E-state index contributed by atoms with van der Waals surface area (Å²) in [6.07, 6.45) is 4.09. The maximum atomic E-state index is 13.5. The van der Waals surface area contributed by atoms with Gasteiger partial charge in [-0.25, -0.2) is 13.5 Å². The van der Waals surface area contributed by atoms with Gasteiger partial charge in [0.25, 0.3) is 5.92 Å². The summed E-state index contributed by atoms with van der Waals surface area (Å²) in [7, 11) is 0. The number of nitrogens with zero attached hydrogens (tertiary/aromatic N) is 4. The standard InChI is InChI=1S/C22H28F2N6O2/c1-2-19(32)26-16-8-6-15(7-9-16)20(25-11-10-18(31)14-4-3-5-14)21-27-28-29-30(21)17-12-22(23,24)13-17/h2,6-9,14,17-18,20,25,31H,1,3-5,10-13H2,(H,26,32)/t18-,20?/m1/s1. The fraction of sp³-hybridized carbons (Fsp3) is 0.545. The van der Waals surface area contributed by atoms with Gasteiger partial charge < -0.3 is 15.7 Å². The molecule has 2 aliphatic carbocycles. The first-order valence-corrected chi connectivity index (χ1v) is 11.0. The molecule has 172 valence electrons. The molecule has 1 aromatic heterocycles. The van der Waals surface area contributed by atoms with Crippen molar-refractivity contribution in [3.05, 3.63) is 48.3 Å². The second-order valence-electron chi connectivity index (χ2n) is 8.65. The van der Waals surface area contributed by atoms with Crippen LogP contribution in [0.1, 0.15) is 62.0 Å². The first-order chi connectivity index (χ1) is 15.4. The first-order valence-electron chi connectivity index (χ1n) is 11.0. The Balaban J connectivity index is 1.51. The number of benzene rings is 1. The number of carbonyl (C=O) groups is 1. The number of amides is 1. The predicted molar refractivity (Wildman–Crippen MR) is 114 cm³/mol. The van der Waals surface area contributed by atoms with Crippen molar-refractivity contribution >= 4 is 11.6 Å². The molecular weight excluding hydrogens is 418 g/mol. The van der Waals surface area contributed by atoms with E-state index in [1.165, 1.54) is 10.8 Å². The molecule has 0 bridgehead atoms. The molecule has 0 spiro atoms. The molecule has 1 aromatic carbocycles. The second-order valence-corrected chi connectivity index (χ2v) is 8.65. The Labute approximate surface area is 185 Å². The number of hydrogen-bond acceptors (Lipinski definition) is 6. The molecule has 4 rings (SSSR count). The molecule has 1 amide bonds. The molecule has 2 atom stereocenters. The molecule has 10 heteroatoms. The lowest BCUT2D eigenvalue weighted by Gasteiger charge is -2.35. The zero-order valence-corrected chi connectivity index (χ0v) is 17.8. The zero-order valence-electron chi connectivity index (χ0n) is 17.8. The number of alkyl halides is 2. The van der Waals surface area contributed by atoms with Crippen LogP contribution in [-0.2, 0) is 4.79 Å². The number of aromatic nitrogens is 4. The lowest BCUT2D eigenvalue weighted by molar-refractivity contribution is -0.112. The minimum Gasteiger partial charge on any atom is -0.393 e. The van der Waals surface area contributed by atoms with Gasteiger partial charge in [0, 0.05) is 18.5 Å². The smallest absolute Gasteiger partial charge is 0.252 e. The average Bonchev–Trinajstić information content (AvgIpc) is 3.18. The third kappa shape index (κ3) is 5.02. The zero-order chi connectivity index (χ0) is 22.7. The Bertz CT molecular complexity index is 936. The van der Waals surface area contributed by atoms with Crippen molar-refractivity contribution in [3.8, 4) is 0 Å². The molecule has 1 heterocycles. The van der Waals surface area contributed by atoms with Crippen LogP contribution in [0.4, 0.5) is 14.5 Å². The number of aliphatic hydroxyl groups excluding tert-OH is 1. The van der Waals surface area contributed by atoms with Gasteiger partial charge in [-0.2, -0.15) is 0 Å². The van der Waals surface area contributed by atoms with E-state index in [2.05, 4.69) is 32.7 Å². The predicted octanol–water partition coefficient (Wildman–Crippen LogP) is 3.00. The molecule has 2 saturated carbocycles. The van der Waals surface area contributed by atoms with E-state index in [1.807, 2.05) is 12.1 Å². The van der Waals surface area contributed by atoms with Crippen molar-refractivity contribution < 1.29 is 18.7 Å². The lowest BCUT2D eigenvalue weighted by atomic mass is 9.80. The van der Waals surface area contributed by atoms with E-state index in [0.29, 0.717) is 30.4 Å². The maximum Gasteiger partial charge on any atom is 0.252 e. The average molecular weight is 447 g/mol. The quantitative estimate of drug-likeness (QED) is 0.485. The highest BCUT2D eigenvalue weighted by Gasteiger charge is 2.48. The van der Waals surface area contributed by atoms with Crippen molar-refractivity contribution in [1.29, 1.82) is 0 Å². The summed E-state index contributed by atoms with van der Waals surface area (Å²) >= 11 is 0. The van der Waals surface area contributed by atoms with E-state index >= 15 is 0 Å². The molecule has 2 aromatic rings. The normalized spacial score (nSPS) is 20.1. The summed E-state index contributed by atoms with van der Waals surface area (Å²) in [5.41, 5.74) is 1.43. The summed E-state index contributed by atoms with van der Waals surface area (Å²) in [5.74, 6) is -2.20.